The molecule has 28 heavy (non-hydrogen) atoms. The Morgan fingerprint density at radius 1 is 1.04 bits per heavy atom. The summed E-state index contributed by atoms with van der Waals surface area (Å²) >= 11 is 0. The third-order valence-corrected chi connectivity index (χ3v) is 4.78. The van der Waals surface area contributed by atoms with Crippen LogP contribution in [0.4, 0.5) is 4.39 Å². The highest BCUT2D eigenvalue weighted by molar-refractivity contribution is 5.91. The minimum Gasteiger partial charge on any atom is -0.455 e. The van der Waals surface area contributed by atoms with Gasteiger partial charge in [0.25, 0.3) is 5.91 Å². The van der Waals surface area contributed by atoms with Gasteiger partial charge in [-0.05, 0) is 57.0 Å². The Bertz CT molecular complexity index is 732. The Balaban J connectivity index is 1.95. The second-order valence-corrected chi connectivity index (χ2v) is 8.24. The number of nitrogens with one attached hydrogen (secondary N) is 1. The molecule has 0 saturated heterocycles. The molecule has 0 spiro atoms. The van der Waals surface area contributed by atoms with E-state index in [1.165, 1.54) is 25.0 Å². The lowest BCUT2D eigenvalue weighted by Gasteiger charge is -2.35. The van der Waals surface area contributed by atoms with Crippen molar-refractivity contribution in [3.05, 3.63) is 59.3 Å². The molecule has 1 aromatic carbocycles. The number of carbonyl (C=O) groups excluding carboxylic acids is 1. The molecule has 0 aliphatic carbocycles. The van der Waals surface area contributed by atoms with E-state index in [0.717, 1.165) is 24.2 Å². The van der Waals surface area contributed by atoms with Crippen LogP contribution in [0.2, 0.25) is 0 Å². The highest BCUT2D eigenvalue weighted by Gasteiger charge is 2.23. The second kappa shape index (κ2) is 10.4. The number of nitrogens with zero attached hydrogens (tertiary/aromatic N) is 1. The van der Waals surface area contributed by atoms with E-state index in [-0.39, 0.29) is 17.3 Å². The molecule has 0 radical (unpaired) electrons. The van der Waals surface area contributed by atoms with Crippen LogP contribution < -0.4 is 5.32 Å². The van der Waals surface area contributed by atoms with Crippen molar-refractivity contribution in [2.45, 2.75) is 72.0 Å². The van der Waals surface area contributed by atoms with E-state index >= 15 is 0 Å². The third kappa shape index (κ3) is 7.12. The molecule has 2 aromatic rings. The predicted octanol–water partition coefficient (Wildman–Crippen LogP) is 5.53. The van der Waals surface area contributed by atoms with Crippen molar-refractivity contribution in [1.82, 2.24) is 10.2 Å². The fraction of sp³-hybridized carbons (Fsp3) is 0.522. The minimum absolute atomic E-state index is 0.108. The number of hydrogen-bond donors (Lipinski definition) is 1. The summed E-state index contributed by atoms with van der Waals surface area (Å²) in [6.45, 7) is 10.5. The van der Waals surface area contributed by atoms with Crippen molar-refractivity contribution < 1.29 is 13.6 Å². The number of furan rings is 1. The highest BCUT2D eigenvalue weighted by Crippen LogP contribution is 2.22. The summed E-state index contributed by atoms with van der Waals surface area (Å²) in [7, 11) is 0. The van der Waals surface area contributed by atoms with Crippen LogP contribution >= 0.6 is 0 Å². The molecule has 1 aromatic heterocycles. The lowest BCUT2D eigenvalue weighted by Crippen LogP contribution is -2.40. The van der Waals surface area contributed by atoms with E-state index in [0.29, 0.717) is 25.4 Å². The average Bonchev–Trinajstić information content (AvgIpc) is 3.10. The lowest BCUT2D eigenvalue weighted by atomic mass is 10.0. The van der Waals surface area contributed by atoms with Crippen molar-refractivity contribution in [2.75, 3.05) is 6.54 Å². The molecule has 0 fully saturated rings. The molecule has 1 N–H and O–H groups in total. The monoisotopic (exact) mass is 388 g/mol. The van der Waals surface area contributed by atoms with Gasteiger partial charge < -0.3 is 9.73 Å². The van der Waals surface area contributed by atoms with Gasteiger partial charge in [0.05, 0.1) is 6.54 Å². The summed E-state index contributed by atoms with van der Waals surface area (Å²) in [5.41, 5.74) is 0.927. The van der Waals surface area contributed by atoms with Gasteiger partial charge in [0, 0.05) is 18.6 Å². The number of rotatable bonds is 10. The van der Waals surface area contributed by atoms with Crippen LogP contribution in [0.15, 0.2) is 40.8 Å². The third-order valence-electron chi connectivity index (χ3n) is 4.78. The minimum atomic E-state index is -0.234. The topological polar surface area (TPSA) is 45.5 Å². The van der Waals surface area contributed by atoms with Crippen LogP contribution in [0.1, 0.15) is 75.3 Å². The summed E-state index contributed by atoms with van der Waals surface area (Å²) in [5, 5.41) is 2.92. The van der Waals surface area contributed by atoms with E-state index in [4.69, 9.17) is 4.42 Å². The number of amides is 1. The van der Waals surface area contributed by atoms with Crippen molar-refractivity contribution in [2.24, 2.45) is 0 Å². The summed E-state index contributed by atoms with van der Waals surface area (Å²) in [6, 6.07) is 10.1. The molecule has 0 unspecified atom stereocenters. The van der Waals surface area contributed by atoms with E-state index in [9.17, 15) is 9.18 Å². The summed E-state index contributed by atoms with van der Waals surface area (Å²) in [4.78, 5) is 14.5. The number of carbonyl (C=O) groups is 1. The molecular formula is C23H33FN2O2. The zero-order chi connectivity index (χ0) is 20.6. The first-order valence-corrected chi connectivity index (χ1v) is 10.2. The maximum atomic E-state index is 13.2. The van der Waals surface area contributed by atoms with Crippen molar-refractivity contribution in [1.29, 1.82) is 0 Å². The Kier molecular flexibility index (Phi) is 8.24. The smallest absolute Gasteiger partial charge is 0.286 e. The number of benzene rings is 1. The van der Waals surface area contributed by atoms with Gasteiger partial charge in [-0.2, -0.15) is 0 Å². The number of halogens is 1. The van der Waals surface area contributed by atoms with Crippen LogP contribution in [0.3, 0.4) is 0 Å². The molecule has 0 saturated carbocycles. The fourth-order valence-corrected chi connectivity index (χ4v) is 2.95. The first-order chi connectivity index (χ1) is 13.3. The van der Waals surface area contributed by atoms with Gasteiger partial charge >= 0.3 is 0 Å². The normalized spacial score (nSPS) is 11.8. The van der Waals surface area contributed by atoms with Crippen LogP contribution in [-0.2, 0) is 13.1 Å². The van der Waals surface area contributed by atoms with E-state index < -0.39 is 0 Å². The van der Waals surface area contributed by atoms with Crippen molar-refractivity contribution in [3.8, 4) is 0 Å². The zero-order valence-electron chi connectivity index (χ0n) is 17.6. The molecule has 0 aliphatic heterocycles. The molecule has 0 bridgehead atoms. The molecule has 1 heterocycles. The lowest BCUT2D eigenvalue weighted by molar-refractivity contribution is 0.0905. The number of unbranched alkanes of at least 4 members (excludes halogenated alkanes) is 3. The predicted molar refractivity (Wildman–Crippen MR) is 111 cm³/mol. The van der Waals surface area contributed by atoms with E-state index in [1.807, 2.05) is 6.07 Å². The Labute approximate surface area is 168 Å². The van der Waals surface area contributed by atoms with E-state index in [1.54, 1.807) is 18.2 Å². The largest absolute Gasteiger partial charge is 0.455 e. The van der Waals surface area contributed by atoms with Crippen LogP contribution in [0.5, 0.6) is 0 Å². The van der Waals surface area contributed by atoms with Gasteiger partial charge in [-0.25, -0.2) is 4.39 Å². The van der Waals surface area contributed by atoms with Gasteiger partial charge in [0.15, 0.2) is 5.76 Å². The first kappa shape index (κ1) is 22.2. The maximum absolute atomic E-state index is 13.2. The SMILES string of the molecule is CCCCCCNC(=O)c1ccc(CN(Cc2ccc(F)cc2)C(C)(C)C)o1. The van der Waals surface area contributed by atoms with Crippen LogP contribution in [0, 0.1) is 5.82 Å². The van der Waals surface area contributed by atoms with Gasteiger partial charge in [0.1, 0.15) is 11.6 Å². The first-order valence-electron chi connectivity index (χ1n) is 10.2. The molecule has 1 amide bonds. The van der Waals surface area contributed by atoms with Gasteiger partial charge in [0.2, 0.25) is 0 Å². The number of hydrogen-bond acceptors (Lipinski definition) is 3. The quantitative estimate of drug-likeness (QED) is 0.544. The molecule has 154 valence electrons. The summed E-state index contributed by atoms with van der Waals surface area (Å²) in [6.07, 6.45) is 4.49. The van der Waals surface area contributed by atoms with Crippen LogP contribution in [0.25, 0.3) is 0 Å². The van der Waals surface area contributed by atoms with E-state index in [2.05, 4.69) is 37.9 Å². The maximum Gasteiger partial charge on any atom is 0.286 e. The Morgan fingerprint density at radius 2 is 1.75 bits per heavy atom. The van der Waals surface area contributed by atoms with Gasteiger partial charge in [-0.3, -0.25) is 9.69 Å². The fourth-order valence-electron chi connectivity index (χ4n) is 2.95. The Morgan fingerprint density at radius 3 is 2.39 bits per heavy atom. The molecule has 0 aliphatic rings. The molecule has 5 heteroatoms. The van der Waals surface area contributed by atoms with Crippen LogP contribution in [-0.4, -0.2) is 22.9 Å². The zero-order valence-corrected chi connectivity index (χ0v) is 17.6. The standard InChI is InChI=1S/C23H33FN2O2/c1-5-6-7-8-15-25-22(27)21-14-13-20(28-21)17-26(23(2,3)4)16-18-9-11-19(24)12-10-18/h9-14H,5-8,15-17H2,1-4H3,(H,25,27). The molecular weight excluding hydrogens is 355 g/mol. The van der Waals surface area contributed by atoms with Crippen molar-refractivity contribution in [3.63, 3.8) is 0 Å². The van der Waals surface area contributed by atoms with Gasteiger partial charge in [-0.1, -0.05) is 38.3 Å². The molecule has 4 nitrogen and oxygen atoms in total. The summed E-state index contributed by atoms with van der Waals surface area (Å²) in [5.74, 6) is 0.695. The van der Waals surface area contributed by atoms with Crippen molar-refractivity contribution >= 4 is 5.91 Å². The average molecular weight is 389 g/mol. The summed E-state index contributed by atoms with van der Waals surface area (Å²) < 4.78 is 19.0. The Hall–Kier alpha value is -2.14. The molecule has 2 rings (SSSR count). The van der Waals surface area contributed by atoms with Gasteiger partial charge in [-0.15, -0.1) is 0 Å². The second-order valence-electron chi connectivity index (χ2n) is 8.24. The highest BCUT2D eigenvalue weighted by atomic mass is 19.1. The molecule has 0 atom stereocenters.